The maximum Gasteiger partial charge on any atom is 0.119 e. The van der Waals surface area contributed by atoms with Crippen LogP contribution in [0.5, 0.6) is 5.75 Å². The highest BCUT2D eigenvalue weighted by atomic mass is 16.3. The summed E-state index contributed by atoms with van der Waals surface area (Å²) in [5, 5.41) is 10.3. The molecule has 3 aromatic heterocycles. The molecule has 0 fully saturated rings. The zero-order valence-corrected chi connectivity index (χ0v) is 31.5. The summed E-state index contributed by atoms with van der Waals surface area (Å²) in [5.41, 5.74) is 16.2. The van der Waals surface area contributed by atoms with Crippen molar-refractivity contribution in [3.05, 3.63) is 210 Å². The van der Waals surface area contributed by atoms with Gasteiger partial charge < -0.3 is 5.11 Å². The lowest BCUT2D eigenvalue weighted by Gasteiger charge is -2.15. The van der Waals surface area contributed by atoms with Gasteiger partial charge in [-0.2, -0.15) is 0 Å². The Morgan fingerprint density at radius 2 is 1.16 bits per heavy atom. The molecule has 3 heterocycles. The maximum absolute atomic E-state index is 10.3. The van der Waals surface area contributed by atoms with Crippen LogP contribution in [0, 0.1) is 6.92 Å². The van der Waals surface area contributed by atoms with Gasteiger partial charge in [-0.05, 0) is 114 Å². The molecule has 4 nitrogen and oxygen atoms in total. The second-order valence-corrected chi connectivity index (χ2v) is 13.8. The van der Waals surface area contributed by atoms with Gasteiger partial charge in [-0.15, -0.1) is 0 Å². The van der Waals surface area contributed by atoms with Crippen LogP contribution in [-0.2, 0) is 25.7 Å². The van der Waals surface area contributed by atoms with Gasteiger partial charge in [0, 0.05) is 35.3 Å². The molecule has 7 aromatic rings. The summed E-state index contributed by atoms with van der Waals surface area (Å²) in [6.45, 7) is 7.71. The molecular weight excluding hydrogens is 671 g/mol. The van der Waals surface area contributed by atoms with Crippen LogP contribution < -0.4 is 0 Å². The minimum Gasteiger partial charge on any atom is -0.508 e. The topological polar surface area (TPSA) is 58.9 Å². The Labute approximate surface area is 325 Å². The van der Waals surface area contributed by atoms with Gasteiger partial charge in [-0.1, -0.05) is 134 Å². The van der Waals surface area contributed by atoms with Crippen molar-refractivity contribution in [3.8, 4) is 50.5 Å². The first-order valence-electron chi connectivity index (χ1n) is 18.9. The Kier molecular flexibility index (Phi) is 11.6. The maximum atomic E-state index is 10.3. The molecule has 0 amide bonds. The quantitative estimate of drug-likeness (QED) is 0.121. The Bertz CT molecular complexity index is 2440. The summed E-state index contributed by atoms with van der Waals surface area (Å²) < 4.78 is 0. The average Bonchev–Trinajstić information content (AvgIpc) is 3.24. The molecule has 0 aliphatic rings. The summed E-state index contributed by atoms with van der Waals surface area (Å²) in [6, 6.07) is 44.4. The van der Waals surface area contributed by atoms with E-state index in [9.17, 15) is 5.11 Å². The molecule has 0 saturated heterocycles. The molecule has 0 unspecified atom stereocenters. The number of phenols is 1. The molecular formula is C51H45N3O. The third kappa shape index (κ3) is 9.12. The van der Waals surface area contributed by atoms with Crippen molar-refractivity contribution in [1.29, 1.82) is 0 Å². The number of phenolic OH excluding ortho intramolecular Hbond substituents is 1. The van der Waals surface area contributed by atoms with Crippen molar-refractivity contribution >= 4 is 5.57 Å². The Hall–Kier alpha value is -6.65. The highest BCUT2D eigenvalue weighted by Gasteiger charge is 2.12. The van der Waals surface area contributed by atoms with Gasteiger partial charge in [0.25, 0.3) is 0 Å². The van der Waals surface area contributed by atoms with Gasteiger partial charge in [0.1, 0.15) is 5.75 Å². The Balaban J connectivity index is 1.17. The normalized spacial score (nSPS) is 11.6. The lowest BCUT2D eigenvalue weighted by atomic mass is 9.90. The van der Waals surface area contributed by atoms with Crippen LogP contribution in [0.15, 0.2) is 177 Å². The van der Waals surface area contributed by atoms with E-state index in [0.29, 0.717) is 0 Å². The van der Waals surface area contributed by atoms with Crippen LogP contribution in [0.1, 0.15) is 40.4 Å². The highest BCUT2D eigenvalue weighted by molar-refractivity contribution is 5.84. The molecule has 0 spiro atoms. The molecule has 0 radical (unpaired) electrons. The van der Waals surface area contributed by atoms with Gasteiger partial charge in [-0.3, -0.25) is 15.0 Å². The van der Waals surface area contributed by atoms with E-state index in [-0.39, 0.29) is 5.75 Å². The first kappa shape index (κ1) is 36.7. The molecule has 55 heavy (non-hydrogen) atoms. The van der Waals surface area contributed by atoms with Gasteiger partial charge in [0.2, 0.25) is 0 Å². The Morgan fingerprint density at radius 3 is 1.76 bits per heavy atom. The first-order valence-corrected chi connectivity index (χ1v) is 18.9. The highest BCUT2D eigenvalue weighted by Crippen LogP contribution is 2.35. The molecule has 4 heteroatoms. The van der Waals surface area contributed by atoms with Crippen LogP contribution in [0.3, 0.4) is 0 Å². The number of pyridine rings is 3. The van der Waals surface area contributed by atoms with Crippen LogP contribution in [0.25, 0.3) is 50.3 Å². The van der Waals surface area contributed by atoms with E-state index >= 15 is 0 Å². The second-order valence-electron chi connectivity index (χ2n) is 13.8. The molecule has 1 N–H and O–H groups in total. The van der Waals surface area contributed by atoms with E-state index in [0.717, 1.165) is 76.2 Å². The van der Waals surface area contributed by atoms with E-state index in [1.807, 2.05) is 81.0 Å². The SMILES string of the molecule is C=C/C=C\C(=C/C)c1ccc(CCc2cc(CCc3ccc(-c4ccccc4)nc3)cc(-c3ccccc3-c3ccc(-c4ccc(C)c(O)c4)nc3)c2)cn1. The molecule has 0 aliphatic carbocycles. The first-order chi connectivity index (χ1) is 27.0. The second kappa shape index (κ2) is 17.5. The molecule has 4 aromatic carbocycles. The van der Waals surface area contributed by atoms with E-state index < -0.39 is 0 Å². The van der Waals surface area contributed by atoms with Crippen molar-refractivity contribution in [3.63, 3.8) is 0 Å². The number of hydrogen-bond acceptors (Lipinski definition) is 4. The summed E-state index contributed by atoms with van der Waals surface area (Å²) in [5.74, 6) is 0.276. The standard InChI is InChI=1S/C51H45N3O/c1-4-6-12-41(5-2)48-26-22-37(33-52-48)18-20-39-29-40(21-19-38-23-27-49(53-34-38)42-13-8-7-9-14-42)31-45(30-39)47-16-11-10-15-46(47)44-25-28-50(54-35-44)43-24-17-36(3)51(55)32-43/h4-17,22-35,55H,1,18-21H2,2-3H3/b12-6-,41-5+. The van der Waals surface area contributed by atoms with Crippen molar-refractivity contribution in [1.82, 2.24) is 15.0 Å². The van der Waals surface area contributed by atoms with Crippen LogP contribution in [0.4, 0.5) is 0 Å². The number of allylic oxidation sites excluding steroid dienone is 5. The lowest BCUT2D eigenvalue weighted by Crippen LogP contribution is -1.99. The molecule has 0 saturated carbocycles. The predicted molar refractivity (Wildman–Crippen MR) is 229 cm³/mol. The minimum absolute atomic E-state index is 0.276. The van der Waals surface area contributed by atoms with Crippen LogP contribution in [-0.4, -0.2) is 20.1 Å². The monoisotopic (exact) mass is 715 g/mol. The molecule has 7 rings (SSSR count). The average molecular weight is 716 g/mol. The lowest BCUT2D eigenvalue weighted by molar-refractivity contribution is 0.471. The summed E-state index contributed by atoms with van der Waals surface area (Å²) in [6.07, 6.45) is 17.3. The van der Waals surface area contributed by atoms with Gasteiger partial charge in [0.15, 0.2) is 0 Å². The summed E-state index contributed by atoms with van der Waals surface area (Å²) in [7, 11) is 0. The number of aryl methyl sites for hydroxylation is 5. The number of nitrogens with zero attached hydrogens (tertiary/aromatic N) is 3. The number of aromatic nitrogens is 3. The fourth-order valence-electron chi connectivity index (χ4n) is 6.86. The summed E-state index contributed by atoms with van der Waals surface area (Å²) >= 11 is 0. The van der Waals surface area contributed by atoms with Crippen molar-refractivity contribution in [2.75, 3.05) is 0 Å². The van der Waals surface area contributed by atoms with Crippen molar-refractivity contribution < 1.29 is 5.11 Å². The van der Waals surface area contributed by atoms with Gasteiger partial charge in [0.05, 0.1) is 17.1 Å². The fraction of sp³-hybridized carbons (Fsp3) is 0.118. The van der Waals surface area contributed by atoms with E-state index in [1.165, 1.54) is 33.4 Å². The third-order valence-electron chi connectivity index (χ3n) is 10.0. The van der Waals surface area contributed by atoms with Gasteiger partial charge >= 0.3 is 0 Å². The number of aromatic hydroxyl groups is 1. The zero-order valence-electron chi connectivity index (χ0n) is 31.5. The van der Waals surface area contributed by atoms with E-state index in [4.69, 9.17) is 15.0 Å². The predicted octanol–water partition coefficient (Wildman–Crippen LogP) is 12.3. The third-order valence-corrected chi connectivity index (χ3v) is 10.0. The minimum atomic E-state index is 0.276. The van der Waals surface area contributed by atoms with Crippen LogP contribution >= 0.6 is 0 Å². The molecule has 0 bridgehead atoms. The zero-order chi connectivity index (χ0) is 38.0. The van der Waals surface area contributed by atoms with E-state index in [2.05, 4.69) is 97.6 Å². The molecule has 0 aliphatic heterocycles. The Morgan fingerprint density at radius 1 is 0.564 bits per heavy atom. The van der Waals surface area contributed by atoms with Gasteiger partial charge in [-0.25, -0.2) is 0 Å². The molecule has 270 valence electrons. The van der Waals surface area contributed by atoms with E-state index in [1.54, 1.807) is 12.1 Å². The largest absolute Gasteiger partial charge is 0.508 e. The molecule has 0 atom stereocenters. The smallest absolute Gasteiger partial charge is 0.119 e. The van der Waals surface area contributed by atoms with Crippen LogP contribution in [0.2, 0.25) is 0 Å². The van der Waals surface area contributed by atoms with Crippen molar-refractivity contribution in [2.24, 2.45) is 0 Å². The number of hydrogen-bond donors (Lipinski definition) is 1. The number of rotatable bonds is 13. The fourth-order valence-corrected chi connectivity index (χ4v) is 6.86. The number of benzene rings is 4. The summed E-state index contributed by atoms with van der Waals surface area (Å²) in [4.78, 5) is 14.4. The van der Waals surface area contributed by atoms with Crippen molar-refractivity contribution in [2.45, 2.75) is 39.5 Å².